The van der Waals surface area contributed by atoms with Crippen molar-refractivity contribution in [3.05, 3.63) is 31.3 Å². The standard InChI is InChI=1S/C8H7BrINO/c1-4-5(8(11)12)2-3-6(10)7(4)9/h2-3H,1H3,(H2,11,12). The predicted molar refractivity (Wildman–Crippen MR) is 60.1 cm³/mol. The van der Waals surface area contributed by atoms with E-state index in [0.717, 1.165) is 13.6 Å². The fourth-order valence-corrected chi connectivity index (χ4v) is 1.85. The highest BCUT2D eigenvalue weighted by molar-refractivity contribution is 14.1. The molecule has 0 unspecified atom stereocenters. The van der Waals surface area contributed by atoms with Crippen LogP contribution in [0.1, 0.15) is 15.9 Å². The Morgan fingerprint density at radius 2 is 2.17 bits per heavy atom. The van der Waals surface area contributed by atoms with Gasteiger partial charge in [-0.05, 0) is 63.1 Å². The summed E-state index contributed by atoms with van der Waals surface area (Å²) in [5.74, 6) is -0.385. The van der Waals surface area contributed by atoms with Crippen LogP contribution in [-0.4, -0.2) is 5.91 Å². The Morgan fingerprint density at radius 3 is 2.67 bits per heavy atom. The van der Waals surface area contributed by atoms with Crippen LogP contribution in [0.4, 0.5) is 0 Å². The van der Waals surface area contributed by atoms with Crippen molar-refractivity contribution < 1.29 is 4.79 Å². The lowest BCUT2D eigenvalue weighted by atomic mass is 10.1. The highest BCUT2D eigenvalue weighted by atomic mass is 127. The topological polar surface area (TPSA) is 43.1 Å². The van der Waals surface area contributed by atoms with E-state index in [0.29, 0.717) is 5.56 Å². The number of hydrogen-bond donors (Lipinski definition) is 1. The first kappa shape index (κ1) is 9.98. The Morgan fingerprint density at radius 1 is 1.58 bits per heavy atom. The van der Waals surface area contributed by atoms with Crippen molar-refractivity contribution in [2.45, 2.75) is 6.92 Å². The average molecular weight is 340 g/mol. The Hall–Kier alpha value is -0.100. The lowest BCUT2D eigenvalue weighted by Crippen LogP contribution is -2.13. The van der Waals surface area contributed by atoms with E-state index in [1.807, 2.05) is 13.0 Å². The van der Waals surface area contributed by atoms with Gasteiger partial charge in [0.15, 0.2) is 0 Å². The van der Waals surface area contributed by atoms with Crippen molar-refractivity contribution in [2.75, 3.05) is 0 Å². The number of rotatable bonds is 1. The van der Waals surface area contributed by atoms with Crippen LogP contribution < -0.4 is 5.73 Å². The molecule has 0 radical (unpaired) electrons. The fourth-order valence-electron chi connectivity index (χ4n) is 0.919. The van der Waals surface area contributed by atoms with Gasteiger partial charge in [0.2, 0.25) is 5.91 Å². The molecule has 0 heterocycles. The molecule has 0 fully saturated rings. The lowest BCUT2D eigenvalue weighted by molar-refractivity contribution is 0.0999. The van der Waals surface area contributed by atoms with Crippen molar-refractivity contribution in [2.24, 2.45) is 5.73 Å². The number of benzene rings is 1. The van der Waals surface area contributed by atoms with E-state index >= 15 is 0 Å². The Labute approximate surface area is 92.8 Å². The first-order valence-electron chi connectivity index (χ1n) is 3.28. The summed E-state index contributed by atoms with van der Waals surface area (Å²) in [4.78, 5) is 10.9. The Bertz CT molecular complexity index is 338. The molecule has 2 N–H and O–H groups in total. The van der Waals surface area contributed by atoms with Crippen LogP contribution in [0.3, 0.4) is 0 Å². The monoisotopic (exact) mass is 339 g/mol. The molecule has 0 aliphatic carbocycles. The molecule has 2 nitrogen and oxygen atoms in total. The van der Waals surface area contributed by atoms with E-state index in [4.69, 9.17) is 5.73 Å². The van der Waals surface area contributed by atoms with Crippen LogP contribution in [0, 0.1) is 10.5 Å². The quantitative estimate of drug-likeness (QED) is 0.785. The maximum Gasteiger partial charge on any atom is 0.249 e. The summed E-state index contributed by atoms with van der Waals surface area (Å²) in [6.07, 6.45) is 0. The van der Waals surface area contributed by atoms with Crippen LogP contribution >= 0.6 is 38.5 Å². The first-order chi connectivity index (χ1) is 5.54. The van der Waals surface area contributed by atoms with Crippen molar-refractivity contribution >= 4 is 44.4 Å². The van der Waals surface area contributed by atoms with Crippen LogP contribution in [0.15, 0.2) is 16.6 Å². The molecule has 0 aliphatic rings. The second kappa shape index (κ2) is 3.74. The summed E-state index contributed by atoms with van der Waals surface area (Å²) in [5.41, 5.74) is 6.64. The van der Waals surface area contributed by atoms with Gasteiger partial charge in [-0.25, -0.2) is 0 Å². The van der Waals surface area contributed by atoms with Gasteiger partial charge in [0.1, 0.15) is 0 Å². The normalized spacial score (nSPS) is 9.92. The molecule has 1 aromatic carbocycles. The number of primary amides is 1. The van der Waals surface area contributed by atoms with Crippen molar-refractivity contribution in [1.29, 1.82) is 0 Å². The maximum atomic E-state index is 10.9. The summed E-state index contributed by atoms with van der Waals surface area (Å²) < 4.78 is 2.02. The predicted octanol–water partition coefficient (Wildman–Crippen LogP) is 2.46. The highest BCUT2D eigenvalue weighted by Gasteiger charge is 2.09. The summed E-state index contributed by atoms with van der Waals surface area (Å²) in [5, 5.41) is 0. The molecule has 0 aliphatic heterocycles. The number of halogens is 2. The third-order valence-electron chi connectivity index (χ3n) is 1.60. The SMILES string of the molecule is Cc1c(C(N)=O)ccc(I)c1Br. The number of amides is 1. The molecule has 0 bridgehead atoms. The van der Waals surface area contributed by atoms with E-state index in [2.05, 4.69) is 38.5 Å². The zero-order valence-electron chi connectivity index (χ0n) is 6.40. The first-order valence-corrected chi connectivity index (χ1v) is 5.15. The highest BCUT2D eigenvalue weighted by Crippen LogP contribution is 2.25. The minimum atomic E-state index is -0.385. The van der Waals surface area contributed by atoms with Gasteiger partial charge in [0.25, 0.3) is 0 Å². The summed E-state index contributed by atoms with van der Waals surface area (Å²) in [6, 6.07) is 3.60. The third-order valence-corrected chi connectivity index (χ3v) is 4.27. The van der Waals surface area contributed by atoms with Gasteiger partial charge < -0.3 is 5.73 Å². The van der Waals surface area contributed by atoms with Gasteiger partial charge in [0.05, 0.1) is 0 Å². The van der Waals surface area contributed by atoms with Gasteiger partial charge in [0, 0.05) is 13.6 Å². The molecule has 0 spiro atoms. The van der Waals surface area contributed by atoms with E-state index in [9.17, 15) is 4.79 Å². The van der Waals surface area contributed by atoms with Gasteiger partial charge in [-0.1, -0.05) is 0 Å². The minimum Gasteiger partial charge on any atom is -0.366 e. The Balaban J connectivity index is 3.36. The molecule has 0 atom stereocenters. The van der Waals surface area contributed by atoms with Gasteiger partial charge in [-0.3, -0.25) is 4.79 Å². The van der Waals surface area contributed by atoms with E-state index in [1.165, 1.54) is 0 Å². The zero-order chi connectivity index (χ0) is 9.30. The molecule has 1 aromatic rings. The van der Waals surface area contributed by atoms with E-state index < -0.39 is 0 Å². The summed E-state index contributed by atoms with van der Waals surface area (Å²) in [6.45, 7) is 1.87. The minimum absolute atomic E-state index is 0.385. The average Bonchev–Trinajstić information content (AvgIpc) is 2.00. The molecule has 64 valence electrons. The molecule has 0 saturated heterocycles. The third kappa shape index (κ3) is 1.80. The van der Waals surface area contributed by atoms with Gasteiger partial charge in [-0.2, -0.15) is 0 Å². The van der Waals surface area contributed by atoms with Crippen LogP contribution in [0.25, 0.3) is 0 Å². The van der Waals surface area contributed by atoms with Crippen LogP contribution in [0.2, 0.25) is 0 Å². The molecule has 12 heavy (non-hydrogen) atoms. The van der Waals surface area contributed by atoms with E-state index in [-0.39, 0.29) is 5.91 Å². The van der Waals surface area contributed by atoms with Gasteiger partial charge in [-0.15, -0.1) is 0 Å². The van der Waals surface area contributed by atoms with Gasteiger partial charge >= 0.3 is 0 Å². The second-order valence-corrected chi connectivity index (χ2v) is 4.35. The van der Waals surface area contributed by atoms with Crippen LogP contribution in [0.5, 0.6) is 0 Å². The number of nitrogens with two attached hydrogens (primary N) is 1. The molecule has 1 amide bonds. The molecule has 1 rings (SSSR count). The molecule has 4 heteroatoms. The number of carbonyl (C=O) groups excluding carboxylic acids is 1. The fraction of sp³-hybridized carbons (Fsp3) is 0.125. The van der Waals surface area contributed by atoms with Crippen molar-refractivity contribution in [3.63, 3.8) is 0 Å². The maximum absolute atomic E-state index is 10.9. The Kier molecular flexibility index (Phi) is 3.11. The number of carbonyl (C=O) groups is 1. The molecular formula is C8H7BrINO. The smallest absolute Gasteiger partial charge is 0.249 e. The number of hydrogen-bond acceptors (Lipinski definition) is 1. The summed E-state index contributed by atoms with van der Waals surface area (Å²) in [7, 11) is 0. The lowest BCUT2D eigenvalue weighted by Gasteiger charge is -2.05. The van der Waals surface area contributed by atoms with Crippen molar-refractivity contribution in [3.8, 4) is 0 Å². The summed E-state index contributed by atoms with van der Waals surface area (Å²) >= 11 is 5.57. The second-order valence-electron chi connectivity index (χ2n) is 2.40. The van der Waals surface area contributed by atoms with E-state index in [1.54, 1.807) is 6.07 Å². The zero-order valence-corrected chi connectivity index (χ0v) is 10.1. The van der Waals surface area contributed by atoms with Crippen molar-refractivity contribution in [1.82, 2.24) is 0 Å². The largest absolute Gasteiger partial charge is 0.366 e. The molecular weight excluding hydrogens is 333 g/mol. The molecule has 0 aromatic heterocycles. The molecule has 0 saturated carbocycles. The van der Waals surface area contributed by atoms with Crippen LogP contribution in [-0.2, 0) is 0 Å².